The van der Waals surface area contributed by atoms with Crippen molar-refractivity contribution in [3.8, 4) is 0 Å². The molecule has 7 heteroatoms. The highest BCUT2D eigenvalue weighted by Gasteiger charge is 2.57. The van der Waals surface area contributed by atoms with Gasteiger partial charge in [-0.2, -0.15) is 0 Å². The minimum absolute atomic E-state index is 0.000769. The van der Waals surface area contributed by atoms with Gasteiger partial charge in [-0.15, -0.1) is 0 Å². The van der Waals surface area contributed by atoms with E-state index in [1.807, 2.05) is 30.3 Å². The summed E-state index contributed by atoms with van der Waals surface area (Å²) in [4.78, 5) is 27.9. The Morgan fingerprint density at radius 1 is 1.22 bits per heavy atom. The molecule has 6 atom stereocenters. The third kappa shape index (κ3) is 4.12. The first-order chi connectivity index (χ1) is 17.3. The van der Waals surface area contributed by atoms with Crippen LogP contribution in [-0.2, 0) is 11.5 Å². The third-order valence-electron chi connectivity index (χ3n) is 8.98. The van der Waals surface area contributed by atoms with Crippen molar-refractivity contribution in [3.63, 3.8) is 0 Å². The number of hydrogen-bond donors (Lipinski definition) is 2. The molecule has 2 N–H and O–H groups in total. The van der Waals surface area contributed by atoms with Gasteiger partial charge in [0.15, 0.2) is 0 Å². The minimum Gasteiger partial charge on any atom is -0.394 e. The van der Waals surface area contributed by atoms with Crippen molar-refractivity contribution >= 4 is 23.4 Å². The summed E-state index contributed by atoms with van der Waals surface area (Å²) < 4.78 is 14.5. The van der Waals surface area contributed by atoms with Gasteiger partial charge in [0.2, 0.25) is 5.91 Å². The number of fused-ring (bicyclic) bond motifs is 1. The lowest BCUT2D eigenvalue weighted by Crippen LogP contribution is -2.42. The normalized spacial score (nSPS) is 31.9. The van der Waals surface area contributed by atoms with Gasteiger partial charge in [-0.05, 0) is 85.4 Å². The van der Waals surface area contributed by atoms with Crippen LogP contribution in [0.1, 0.15) is 78.4 Å². The van der Waals surface area contributed by atoms with E-state index in [4.69, 9.17) is 11.6 Å². The Kier molecular flexibility index (Phi) is 6.86. The van der Waals surface area contributed by atoms with Crippen LogP contribution in [0.4, 0.5) is 4.39 Å². The van der Waals surface area contributed by atoms with Gasteiger partial charge < -0.3 is 15.3 Å². The molecule has 0 radical (unpaired) electrons. The number of aliphatic hydroxyl groups is 1. The summed E-state index contributed by atoms with van der Waals surface area (Å²) in [5.41, 5.74) is 2.50. The number of aliphatic hydroxyl groups excluding tert-OH is 1. The molecule has 0 unspecified atom stereocenters. The van der Waals surface area contributed by atoms with E-state index in [0.717, 1.165) is 36.8 Å². The highest BCUT2D eigenvalue weighted by Crippen LogP contribution is 2.58. The molecule has 2 aliphatic heterocycles. The Morgan fingerprint density at radius 2 is 1.97 bits per heavy atom. The molecule has 2 aromatic carbocycles. The summed E-state index contributed by atoms with van der Waals surface area (Å²) in [7, 11) is 0. The minimum atomic E-state index is -0.668. The van der Waals surface area contributed by atoms with Crippen LogP contribution in [0.25, 0.3) is 0 Å². The number of nitrogens with one attached hydrogen (secondary N) is 1. The highest BCUT2D eigenvalue weighted by molar-refractivity contribution is 6.30. The lowest BCUT2D eigenvalue weighted by atomic mass is 9.55. The molecule has 3 aliphatic rings. The predicted octanol–water partition coefficient (Wildman–Crippen LogP) is 5.21. The molecule has 0 bridgehead atoms. The quantitative estimate of drug-likeness (QED) is 0.578. The maximum absolute atomic E-state index is 14.5. The van der Waals surface area contributed by atoms with Crippen LogP contribution in [0.15, 0.2) is 42.5 Å². The first-order valence-electron chi connectivity index (χ1n) is 13.0. The number of rotatable bonds is 5. The van der Waals surface area contributed by atoms with E-state index in [1.165, 1.54) is 0 Å². The topological polar surface area (TPSA) is 69.6 Å². The summed E-state index contributed by atoms with van der Waals surface area (Å²) in [6.07, 6.45) is 3.12. The molecule has 0 aromatic heterocycles. The van der Waals surface area contributed by atoms with Gasteiger partial charge in [0.1, 0.15) is 6.67 Å². The second-order valence-electron chi connectivity index (χ2n) is 11.0. The van der Waals surface area contributed by atoms with E-state index in [9.17, 15) is 19.1 Å². The summed E-state index contributed by atoms with van der Waals surface area (Å²) in [5.74, 6) is -0.00957. The van der Waals surface area contributed by atoms with E-state index in [1.54, 1.807) is 17.0 Å². The molecule has 0 spiro atoms. The molecular weight excluding hydrogens is 479 g/mol. The number of alkyl halides is 1. The second-order valence-corrected chi connectivity index (χ2v) is 11.4. The van der Waals surface area contributed by atoms with Crippen molar-refractivity contribution in [3.05, 3.63) is 69.7 Å². The molecule has 1 saturated carbocycles. The second kappa shape index (κ2) is 9.79. The number of carbonyl (C=O) groups excluding carboxylic acids is 2. The monoisotopic (exact) mass is 512 g/mol. The standard InChI is InChI=1S/C29H34ClFN2O3/c1-17-26-25(18-5-8-21(30)9-6-18)24(11-12-29(26,2)28(36)32-17)23-10-7-19(14-20(23)15-31)27(35)33-13-3-4-22(33)16-34/h5-10,14,17,22,24-26,34H,3-4,11-13,15-16H2,1-2H3,(H,32,36)/t17-,22-,24+,25+,26+,29-/m1/s1. The maximum Gasteiger partial charge on any atom is 0.254 e. The van der Waals surface area contributed by atoms with Gasteiger partial charge >= 0.3 is 0 Å². The van der Waals surface area contributed by atoms with Crippen LogP contribution in [0.2, 0.25) is 5.02 Å². The Hall–Kier alpha value is -2.44. The molecule has 2 aromatic rings. The highest BCUT2D eigenvalue weighted by atomic mass is 35.5. The zero-order valence-corrected chi connectivity index (χ0v) is 21.6. The van der Waals surface area contributed by atoms with E-state index >= 15 is 0 Å². The van der Waals surface area contributed by atoms with Crippen LogP contribution < -0.4 is 5.32 Å². The van der Waals surface area contributed by atoms with E-state index in [0.29, 0.717) is 22.7 Å². The Balaban J connectivity index is 1.54. The third-order valence-corrected chi connectivity index (χ3v) is 9.24. The number of carbonyl (C=O) groups is 2. The predicted molar refractivity (Wildman–Crippen MR) is 138 cm³/mol. The lowest BCUT2D eigenvalue weighted by molar-refractivity contribution is -0.129. The van der Waals surface area contributed by atoms with Gasteiger partial charge in [0.05, 0.1) is 18.1 Å². The Bertz CT molecular complexity index is 1160. The van der Waals surface area contributed by atoms with Crippen LogP contribution in [-0.4, -0.2) is 47.1 Å². The number of benzene rings is 2. The van der Waals surface area contributed by atoms with Gasteiger partial charge in [0, 0.05) is 29.1 Å². The van der Waals surface area contributed by atoms with Crippen molar-refractivity contribution in [2.24, 2.45) is 11.3 Å². The van der Waals surface area contributed by atoms with Crippen LogP contribution in [0.5, 0.6) is 0 Å². The molecule has 5 rings (SSSR count). The summed E-state index contributed by atoms with van der Waals surface area (Å²) in [6.45, 7) is 4.00. The number of nitrogens with zero attached hydrogens (tertiary/aromatic N) is 1. The van der Waals surface area contributed by atoms with Gasteiger partial charge in [0.25, 0.3) is 5.91 Å². The molecule has 36 heavy (non-hydrogen) atoms. The smallest absolute Gasteiger partial charge is 0.254 e. The number of halogens is 2. The van der Waals surface area contributed by atoms with E-state index in [-0.39, 0.29) is 48.3 Å². The zero-order chi connectivity index (χ0) is 25.6. The van der Waals surface area contributed by atoms with Gasteiger partial charge in [-0.25, -0.2) is 4.39 Å². The first-order valence-corrected chi connectivity index (χ1v) is 13.3. The molecule has 3 fully saturated rings. The van der Waals surface area contributed by atoms with Crippen LogP contribution in [0, 0.1) is 11.3 Å². The fourth-order valence-electron chi connectivity index (χ4n) is 7.19. The van der Waals surface area contributed by atoms with Crippen LogP contribution >= 0.6 is 11.6 Å². The fourth-order valence-corrected chi connectivity index (χ4v) is 7.31. The summed E-state index contributed by atoms with van der Waals surface area (Å²) in [5, 5.41) is 13.5. The lowest BCUT2D eigenvalue weighted by Gasteiger charge is -2.46. The Morgan fingerprint density at radius 3 is 2.67 bits per heavy atom. The van der Waals surface area contributed by atoms with Crippen LogP contribution in [0.3, 0.4) is 0 Å². The average Bonchev–Trinajstić information content (AvgIpc) is 3.45. The van der Waals surface area contributed by atoms with Crippen molar-refractivity contribution in [1.82, 2.24) is 10.2 Å². The van der Waals surface area contributed by atoms with Gasteiger partial charge in [-0.3, -0.25) is 9.59 Å². The molecule has 1 aliphatic carbocycles. The van der Waals surface area contributed by atoms with Crippen molar-refractivity contribution in [1.29, 1.82) is 0 Å². The molecule has 2 amide bonds. The maximum atomic E-state index is 14.5. The fraction of sp³-hybridized carbons (Fsp3) is 0.517. The van der Waals surface area contributed by atoms with Gasteiger partial charge in [-0.1, -0.05) is 36.7 Å². The van der Waals surface area contributed by atoms with Crippen molar-refractivity contribution < 1.29 is 19.1 Å². The molecule has 5 nitrogen and oxygen atoms in total. The SMILES string of the molecule is C[C@H]1NC(=O)[C@]2(C)CC[C@@H](c3ccc(C(=O)N4CCC[C@@H]4CO)cc3CF)[C@H](c3ccc(Cl)cc3)[C@H]12. The zero-order valence-electron chi connectivity index (χ0n) is 20.8. The van der Waals surface area contributed by atoms with E-state index < -0.39 is 12.1 Å². The summed E-state index contributed by atoms with van der Waals surface area (Å²) in [6, 6.07) is 13.0. The first kappa shape index (κ1) is 25.2. The largest absolute Gasteiger partial charge is 0.394 e. The Labute approximate surface area is 217 Å². The summed E-state index contributed by atoms with van der Waals surface area (Å²) >= 11 is 6.20. The molecular formula is C29H34ClFN2O3. The molecule has 192 valence electrons. The number of hydrogen-bond acceptors (Lipinski definition) is 3. The molecule has 2 heterocycles. The number of likely N-dealkylation sites (tertiary alicyclic amines) is 1. The van der Waals surface area contributed by atoms with Crippen molar-refractivity contribution in [2.75, 3.05) is 13.2 Å². The van der Waals surface area contributed by atoms with E-state index in [2.05, 4.69) is 19.2 Å². The van der Waals surface area contributed by atoms with Crippen molar-refractivity contribution in [2.45, 2.75) is 70.1 Å². The molecule has 2 saturated heterocycles. The average molecular weight is 513 g/mol. The number of amides is 2.